The monoisotopic (exact) mass is 248 g/mol. The fourth-order valence-corrected chi connectivity index (χ4v) is 1.44. The van der Waals surface area contributed by atoms with Crippen molar-refractivity contribution in [3.05, 3.63) is 53.6 Å². The maximum atomic E-state index is 13.2. The molecule has 0 aliphatic heterocycles. The minimum absolute atomic E-state index is 0.0354. The van der Waals surface area contributed by atoms with Gasteiger partial charge in [-0.1, -0.05) is 30.7 Å². The second-order valence-electron chi connectivity index (χ2n) is 3.81. The minimum atomic E-state index is -0.749. The molecule has 0 spiro atoms. The zero-order valence-electron chi connectivity index (χ0n) is 10.6. The van der Waals surface area contributed by atoms with Gasteiger partial charge in [-0.2, -0.15) is 4.39 Å². The van der Waals surface area contributed by atoms with Gasteiger partial charge in [-0.05, 0) is 25.5 Å². The number of halogens is 1. The molecule has 0 fully saturated rings. The average molecular weight is 248 g/mol. The van der Waals surface area contributed by atoms with Gasteiger partial charge < -0.3 is 5.32 Å². The largest absolute Gasteiger partial charge is 0.348 e. The van der Waals surface area contributed by atoms with Gasteiger partial charge in [-0.25, -0.2) is 4.98 Å². The van der Waals surface area contributed by atoms with Crippen LogP contribution in [0.2, 0.25) is 0 Å². The van der Waals surface area contributed by atoms with Crippen LogP contribution in [-0.2, 0) is 0 Å². The smallest absolute Gasteiger partial charge is 0.256 e. The van der Waals surface area contributed by atoms with E-state index >= 15 is 0 Å². The summed E-state index contributed by atoms with van der Waals surface area (Å²) in [6.07, 6.45) is 8.12. The molecule has 0 bridgehead atoms. The summed E-state index contributed by atoms with van der Waals surface area (Å²) in [5.41, 5.74) is 1.10. The number of amides is 1. The number of nitrogens with one attached hydrogen (secondary N) is 1. The molecule has 0 atom stereocenters. The fourth-order valence-electron chi connectivity index (χ4n) is 1.44. The molecule has 18 heavy (non-hydrogen) atoms. The molecule has 1 N–H and O–H groups in total. The Balaban J connectivity index is 2.48. The van der Waals surface area contributed by atoms with Crippen LogP contribution in [-0.4, -0.2) is 17.4 Å². The lowest BCUT2D eigenvalue weighted by atomic mass is 10.2. The van der Waals surface area contributed by atoms with Crippen LogP contribution in [0.15, 0.2) is 42.1 Å². The minimum Gasteiger partial charge on any atom is -0.348 e. The second kappa shape index (κ2) is 7.37. The molecular formula is C14H17FN2O. The highest BCUT2D eigenvalue weighted by Gasteiger charge is 2.09. The first-order valence-corrected chi connectivity index (χ1v) is 5.87. The molecule has 1 aromatic rings. The van der Waals surface area contributed by atoms with Gasteiger partial charge in [0.25, 0.3) is 5.91 Å². The summed E-state index contributed by atoms with van der Waals surface area (Å²) < 4.78 is 13.2. The highest BCUT2D eigenvalue weighted by atomic mass is 19.1. The first-order valence-electron chi connectivity index (χ1n) is 5.87. The molecular weight excluding hydrogens is 231 g/mol. The highest BCUT2D eigenvalue weighted by Crippen LogP contribution is 2.02. The van der Waals surface area contributed by atoms with Crippen molar-refractivity contribution in [1.82, 2.24) is 10.3 Å². The molecule has 0 saturated heterocycles. The third-order valence-corrected chi connectivity index (χ3v) is 2.29. The standard InChI is InChI=1S/C14H17FN2O/c1-3-6-11(2)7-4-10-17-14(18)12-8-5-9-16-13(12)15/h4-9H,3,10H2,1-2H3,(H,17,18)/b7-4-,11-6+. The van der Waals surface area contributed by atoms with Crippen molar-refractivity contribution in [3.63, 3.8) is 0 Å². The van der Waals surface area contributed by atoms with Gasteiger partial charge in [0.1, 0.15) is 0 Å². The van der Waals surface area contributed by atoms with E-state index < -0.39 is 11.9 Å². The first-order chi connectivity index (χ1) is 8.65. The van der Waals surface area contributed by atoms with Crippen LogP contribution in [0.5, 0.6) is 0 Å². The van der Waals surface area contributed by atoms with E-state index in [0.29, 0.717) is 6.54 Å². The highest BCUT2D eigenvalue weighted by molar-refractivity contribution is 5.94. The summed E-state index contributed by atoms with van der Waals surface area (Å²) in [6, 6.07) is 2.94. The Kier molecular flexibility index (Phi) is 5.77. The SMILES string of the molecule is CC/C=C(C)/C=C\CNC(=O)c1cccnc1F. The van der Waals surface area contributed by atoms with Gasteiger partial charge in [0.15, 0.2) is 0 Å². The number of nitrogens with zero attached hydrogens (tertiary/aromatic N) is 1. The van der Waals surface area contributed by atoms with E-state index in [0.717, 1.165) is 12.0 Å². The van der Waals surface area contributed by atoms with Gasteiger partial charge in [0, 0.05) is 12.7 Å². The van der Waals surface area contributed by atoms with Gasteiger partial charge in [-0.15, -0.1) is 0 Å². The van der Waals surface area contributed by atoms with Gasteiger partial charge >= 0.3 is 0 Å². The summed E-state index contributed by atoms with van der Waals surface area (Å²) in [7, 11) is 0. The molecule has 0 aliphatic carbocycles. The summed E-state index contributed by atoms with van der Waals surface area (Å²) in [5.74, 6) is -1.21. The third-order valence-electron chi connectivity index (χ3n) is 2.29. The number of hydrogen-bond acceptors (Lipinski definition) is 2. The number of allylic oxidation sites excluding steroid dienone is 3. The molecule has 96 valence electrons. The fraction of sp³-hybridized carbons (Fsp3) is 0.286. The molecule has 4 heteroatoms. The van der Waals surface area contributed by atoms with Crippen molar-refractivity contribution in [2.75, 3.05) is 6.54 Å². The molecule has 1 amide bonds. The quantitative estimate of drug-likeness (QED) is 0.643. The lowest BCUT2D eigenvalue weighted by molar-refractivity contribution is 0.0953. The Morgan fingerprint density at radius 3 is 3.00 bits per heavy atom. The zero-order valence-corrected chi connectivity index (χ0v) is 10.6. The topological polar surface area (TPSA) is 42.0 Å². The van der Waals surface area contributed by atoms with Crippen LogP contribution in [0.1, 0.15) is 30.6 Å². The number of rotatable bonds is 5. The number of carbonyl (C=O) groups excluding carboxylic acids is 1. The molecule has 1 aromatic heterocycles. The van der Waals surface area contributed by atoms with Crippen molar-refractivity contribution < 1.29 is 9.18 Å². The maximum absolute atomic E-state index is 13.2. The van der Waals surface area contributed by atoms with E-state index in [1.54, 1.807) is 0 Å². The van der Waals surface area contributed by atoms with E-state index in [1.165, 1.54) is 18.3 Å². The number of hydrogen-bond donors (Lipinski definition) is 1. The second-order valence-corrected chi connectivity index (χ2v) is 3.81. The zero-order chi connectivity index (χ0) is 13.4. The lowest BCUT2D eigenvalue weighted by Gasteiger charge is -2.02. The first kappa shape index (κ1) is 14.1. The van der Waals surface area contributed by atoms with Crippen molar-refractivity contribution in [2.45, 2.75) is 20.3 Å². The van der Waals surface area contributed by atoms with Crippen LogP contribution in [0, 0.1) is 5.95 Å². The molecule has 0 aromatic carbocycles. The van der Waals surface area contributed by atoms with Gasteiger partial charge in [-0.3, -0.25) is 4.79 Å². The number of carbonyl (C=O) groups is 1. The van der Waals surface area contributed by atoms with E-state index in [-0.39, 0.29) is 5.56 Å². The van der Waals surface area contributed by atoms with Gasteiger partial charge in [0.2, 0.25) is 5.95 Å². The molecule has 1 rings (SSSR count). The predicted molar refractivity (Wildman–Crippen MR) is 69.7 cm³/mol. The normalized spacial score (nSPS) is 11.8. The predicted octanol–water partition coefficient (Wildman–Crippen LogP) is 2.86. The van der Waals surface area contributed by atoms with Crippen molar-refractivity contribution in [1.29, 1.82) is 0 Å². The van der Waals surface area contributed by atoms with Crippen LogP contribution in [0.4, 0.5) is 4.39 Å². The van der Waals surface area contributed by atoms with Crippen LogP contribution >= 0.6 is 0 Å². The van der Waals surface area contributed by atoms with Crippen molar-refractivity contribution in [2.24, 2.45) is 0 Å². The average Bonchev–Trinajstić information content (AvgIpc) is 2.35. The number of aromatic nitrogens is 1. The molecule has 1 heterocycles. The van der Waals surface area contributed by atoms with Crippen LogP contribution in [0.3, 0.4) is 0 Å². The Labute approximate surface area is 106 Å². The maximum Gasteiger partial charge on any atom is 0.256 e. The Hall–Kier alpha value is -1.97. The third kappa shape index (κ3) is 4.49. The van der Waals surface area contributed by atoms with E-state index in [9.17, 15) is 9.18 Å². The summed E-state index contributed by atoms with van der Waals surface area (Å²) >= 11 is 0. The van der Waals surface area contributed by atoms with Gasteiger partial charge in [0.05, 0.1) is 5.56 Å². The van der Waals surface area contributed by atoms with E-state index in [4.69, 9.17) is 0 Å². The molecule has 0 saturated carbocycles. The summed E-state index contributed by atoms with van der Waals surface area (Å²) in [5, 5.41) is 2.60. The Bertz CT molecular complexity index is 467. The van der Waals surface area contributed by atoms with E-state index in [2.05, 4.69) is 23.3 Å². The van der Waals surface area contributed by atoms with E-state index in [1.807, 2.05) is 19.1 Å². The summed E-state index contributed by atoms with van der Waals surface area (Å²) in [4.78, 5) is 15.0. The molecule has 0 radical (unpaired) electrons. The Morgan fingerprint density at radius 1 is 1.56 bits per heavy atom. The summed E-state index contributed by atoms with van der Waals surface area (Å²) in [6.45, 7) is 4.41. The lowest BCUT2D eigenvalue weighted by Crippen LogP contribution is -2.24. The van der Waals surface area contributed by atoms with Crippen LogP contribution < -0.4 is 5.32 Å². The van der Waals surface area contributed by atoms with Crippen molar-refractivity contribution in [3.8, 4) is 0 Å². The Morgan fingerprint density at radius 2 is 2.33 bits per heavy atom. The molecule has 3 nitrogen and oxygen atoms in total. The molecule has 0 unspecified atom stereocenters. The van der Waals surface area contributed by atoms with Crippen molar-refractivity contribution >= 4 is 5.91 Å². The molecule has 0 aliphatic rings. The number of pyridine rings is 1. The van der Waals surface area contributed by atoms with Crippen LogP contribution in [0.25, 0.3) is 0 Å².